The Morgan fingerprint density at radius 1 is 0.588 bits per heavy atom. The SMILES string of the molecule is CC(C)CCCC(C)CCCC(C)CCCC(C)CCCC(C)CCSP(=O)(O)OP(=O)(O)O. The van der Waals surface area contributed by atoms with Crippen LogP contribution in [0.4, 0.5) is 0 Å². The van der Waals surface area contributed by atoms with Gasteiger partial charge in [-0.2, -0.15) is 4.31 Å². The summed E-state index contributed by atoms with van der Waals surface area (Å²) in [5.41, 5.74) is 0. The molecular formula is C25H54O6P2S. The maximum absolute atomic E-state index is 11.6. The van der Waals surface area contributed by atoms with Crippen molar-refractivity contribution in [2.45, 2.75) is 125 Å². The molecule has 0 saturated carbocycles. The van der Waals surface area contributed by atoms with Crippen molar-refractivity contribution in [1.82, 2.24) is 0 Å². The largest absolute Gasteiger partial charge is 0.477 e. The zero-order valence-electron chi connectivity index (χ0n) is 22.7. The molecule has 3 N–H and O–H groups in total. The van der Waals surface area contributed by atoms with Gasteiger partial charge in [0.2, 0.25) is 0 Å². The molecule has 0 fully saturated rings. The Morgan fingerprint density at radius 2 is 0.912 bits per heavy atom. The summed E-state index contributed by atoms with van der Waals surface area (Å²) in [5, 5.41) is 0. The molecule has 5 unspecified atom stereocenters. The fourth-order valence-electron chi connectivity index (χ4n) is 4.42. The van der Waals surface area contributed by atoms with Gasteiger partial charge in [0.15, 0.2) is 0 Å². The molecular weight excluding hydrogens is 490 g/mol. The Bertz CT molecular complexity index is 598. The normalized spacial score (nSPS) is 17.9. The van der Waals surface area contributed by atoms with Gasteiger partial charge in [-0.05, 0) is 47.4 Å². The maximum atomic E-state index is 11.6. The van der Waals surface area contributed by atoms with E-state index in [1.807, 2.05) is 0 Å². The maximum Gasteiger partial charge on any atom is 0.477 e. The summed E-state index contributed by atoms with van der Waals surface area (Å²) in [4.78, 5) is 26.8. The number of hydrogen-bond acceptors (Lipinski definition) is 4. The molecule has 0 heterocycles. The average Bonchev–Trinajstić information content (AvgIpc) is 2.65. The lowest BCUT2D eigenvalue weighted by molar-refractivity contribution is 0.270. The highest BCUT2D eigenvalue weighted by atomic mass is 32.7. The molecule has 0 aromatic carbocycles. The van der Waals surface area contributed by atoms with E-state index in [0.29, 0.717) is 23.1 Å². The van der Waals surface area contributed by atoms with Gasteiger partial charge in [0.1, 0.15) is 0 Å². The van der Waals surface area contributed by atoms with Crippen molar-refractivity contribution in [1.29, 1.82) is 0 Å². The Hall–Kier alpha value is 0.650. The summed E-state index contributed by atoms with van der Waals surface area (Å²) in [6.45, 7) is 9.60. The second-order valence-electron chi connectivity index (χ2n) is 11.2. The second kappa shape index (κ2) is 18.8. The topological polar surface area (TPSA) is 104 Å². The molecule has 0 aromatic heterocycles. The van der Waals surface area contributed by atoms with Crippen molar-refractivity contribution in [3.8, 4) is 0 Å². The van der Waals surface area contributed by atoms with Crippen LogP contribution in [0, 0.1) is 29.6 Å². The van der Waals surface area contributed by atoms with E-state index >= 15 is 0 Å². The smallest absolute Gasteiger partial charge is 0.316 e. The first kappa shape index (κ1) is 34.6. The van der Waals surface area contributed by atoms with Gasteiger partial charge in [-0.1, -0.05) is 119 Å². The summed E-state index contributed by atoms with van der Waals surface area (Å²) in [6.07, 6.45) is 16.3. The van der Waals surface area contributed by atoms with Crippen LogP contribution in [0.25, 0.3) is 0 Å². The van der Waals surface area contributed by atoms with Crippen LogP contribution in [-0.2, 0) is 13.4 Å². The van der Waals surface area contributed by atoms with Gasteiger partial charge in [-0.15, -0.1) is 0 Å². The Kier molecular flexibility index (Phi) is 19.2. The minimum Gasteiger partial charge on any atom is -0.316 e. The summed E-state index contributed by atoms with van der Waals surface area (Å²) in [5.74, 6) is 4.00. The van der Waals surface area contributed by atoms with Crippen LogP contribution in [0.2, 0.25) is 0 Å². The minimum atomic E-state index is -4.95. The van der Waals surface area contributed by atoms with Gasteiger partial charge in [-0.3, -0.25) is 0 Å². The monoisotopic (exact) mass is 544 g/mol. The molecule has 0 saturated heterocycles. The van der Waals surface area contributed by atoms with Crippen LogP contribution in [0.1, 0.15) is 125 Å². The standard InChI is InChI=1S/C25H54O6P2S/c1-21(2)11-7-12-22(3)13-8-14-23(4)15-9-16-24(5)17-10-18-25(6)19-20-34-33(29,30)31-32(26,27)28/h21-25H,7-20H2,1-6H3,(H,29,30)(H2,26,27,28). The van der Waals surface area contributed by atoms with Crippen molar-refractivity contribution < 1.29 is 28.1 Å². The van der Waals surface area contributed by atoms with E-state index in [2.05, 4.69) is 45.9 Å². The summed E-state index contributed by atoms with van der Waals surface area (Å²) in [7, 11) is -4.95. The Morgan fingerprint density at radius 3 is 1.24 bits per heavy atom. The number of hydrogen-bond donors (Lipinski definition) is 3. The second-order valence-corrected chi connectivity index (χ2v) is 16.6. The van der Waals surface area contributed by atoms with Gasteiger partial charge in [0, 0.05) is 5.75 Å². The zero-order chi connectivity index (χ0) is 26.2. The molecule has 0 radical (unpaired) electrons. The first-order valence-corrected chi connectivity index (χ1v) is 18.1. The van der Waals surface area contributed by atoms with E-state index in [-0.39, 0.29) is 0 Å². The van der Waals surface area contributed by atoms with E-state index < -0.39 is 14.6 Å². The van der Waals surface area contributed by atoms with Crippen molar-refractivity contribution >= 4 is 26.0 Å². The Balaban J connectivity index is 3.76. The van der Waals surface area contributed by atoms with Crippen molar-refractivity contribution in [3.05, 3.63) is 0 Å². The molecule has 0 aliphatic rings. The van der Waals surface area contributed by atoms with Crippen molar-refractivity contribution in [2.24, 2.45) is 29.6 Å². The molecule has 9 heteroatoms. The fourth-order valence-corrected chi connectivity index (χ4v) is 8.64. The van der Waals surface area contributed by atoms with E-state index in [0.717, 1.165) is 42.9 Å². The highest BCUT2D eigenvalue weighted by Crippen LogP contribution is 2.65. The first-order valence-electron chi connectivity index (χ1n) is 13.4. The molecule has 0 rings (SSSR count). The lowest BCUT2D eigenvalue weighted by Gasteiger charge is -2.17. The summed E-state index contributed by atoms with van der Waals surface area (Å²) >= 11 is 0.595. The molecule has 0 aliphatic carbocycles. The third-order valence-electron chi connectivity index (χ3n) is 6.73. The van der Waals surface area contributed by atoms with E-state index in [9.17, 15) is 14.0 Å². The van der Waals surface area contributed by atoms with E-state index in [1.165, 1.54) is 64.2 Å². The molecule has 34 heavy (non-hydrogen) atoms. The summed E-state index contributed by atoms with van der Waals surface area (Å²) in [6, 6.07) is 0. The number of rotatable bonds is 22. The number of phosphoric acid groups is 1. The van der Waals surface area contributed by atoms with Gasteiger partial charge in [-0.25, -0.2) is 9.13 Å². The molecule has 206 valence electrons. The van der Waals surface area contributed by atoms with Crippen LogP contribution in [0.3, 0.4) is 0 Å². The van der Waals surface area contributed by atoms with Crippen LogP contribution in [-0.4, -0.2) is 20.4 Å². The summed E-state index contributed by atoms with van der Waals surface area (Å²) < 4.78 is 26.3. The quantitative estimate of drug-likeness (QED) is 0.117. The molecule has 5 atom stereocenters. The fraction of sp³-hybridized carbons (Fsp3) is 1.00. The lowest BCUT2D eigenvalue weighted by Crippen LogP contribution is -2.02. The van der Waals surface area contributed by atoms with Gasteiger partial charge in [0.25, 0.3) is 0 Å². The van der Waals surface area contributed by atoms with Gasteiger partial charge < -0.3 is 14.7 Å². The predicted molar refractivity (Wildman–Crippen MR) is 147 cm³/mol. The lowest BCUT2D eigenvalue weighted by atomic mass is 9.90. The zero-order valence-corrected chi connectivity index (χ0v) is 25.3. The first-order chi connectivity index (χ1) is 15.7. The predicted octanol–water partition coefficient (Wildman–Crippen LogP) is 9.20. The highest BCUT2D eigenvalue weighted by molar-refractivity contribution is 8.55. The third-order valence-corrected chi connectivity index (χ3v) is 11.3. The third kappa shape index (κ3) is 23.1. The van der Waals surface area contributed by atoms with Crippen LogP contribution >= 0.6 is 26.0 Å². The molecule has 0 amide bonds. The van der Waals surface area contributed by atoms with E-state index in [4.69, 9.17) is 9.79 Å². The van der Waals surface area contributed by atoms with Crippen LogP contribution in [0.15, 0.2) is 0 Å². The van der Waals surface area contributed by atoms with E-state index in [1.54, 1.807) is 0 Å². The molecule has 0 aromatic rings. The molecule has 0 bridgehead atoms. The van der Waals surface area contributed by atoms with Crippen molar-refractivity contribution in [3.63, 3.8) is 0 Å². The Labute approximate surface area is 214 Å². The highest BCUT2D eigenvalue weighted by Gasteiger charge is 2.31. The van der Waals surface area contributed by atoms with Crippen molar-refractivity contribution in [2.75, 3.05) is 5.75 Å². The molecule has 0 spiro atoms. The van der Waals surface area contributed by atoms with Gasteiger partial charge >= 0.3 is 14.6 Å². The minimum absolute atomic E-state index is 0.346. The van der Waals surface area contributed by atoms with Crippen LogP contribution in [0.5, 0.6) is 0 Å². The molecule has 0 aliphatic heterocycles. The average molecular weight is 545 g/mol. The van der Waals surface area contributed by atoms with Gasteiger partial charge in [0.05, 0.1) is 0 Å². The van der Waals surface area contributed by atoms with Crippen LogP contribution < -0.4 is 0 Å². The molecule has 6 nitrogen and oxygen atoms in total.